The van der Waals surface area contributed by atoms with Crippen LogP contribution in [0.25, 0.3) is 0 Å². The first-order valence-electron chi connectivity index (χ1n) is 7.60. The summed E-state index contributed by atoms with van der Waals surface area (Å²) in [5, 5.41) is 0. The van der Waals surface area contributed by atoms with Crippen LogP contribution in [-0.4, -0.2) is 0 Å². The van der Waals surface area contributed by atoms with E-state index in [9.17, 15) is 0 Å². The lowest BCUT2D eigenvalue weighted by molar-refractivity contribution is 0.991. The summed E-state index contributed by atoms with van der Waals surface area (Å²) in [5.41, 5.74) is 8.77. The SMILES string of the molecule is c1ccc(Cc2ccc3c(c2)Cc2ccccc2C3)cc1. The standard InChI is InChI=1S/C21H18/c1-2-6-16(7-3-1)12-17-10-11-20-14-18-8-4-5-9-19(18)15-21(20)13-17/h1-11,13H,12,14-15H2. The lowest BCUT2D eigenvalue weighted by atomic mass is 9.85. The average Bonchev–Trinajstić information content (AvgIpc) is 2.54. The van der Waals surface area contributed by atoms with Crippen LogP contribution in [0, 0.1) is 0 Å². The van der Waals surface area contributed by atoms with E-state index in [0.29, 0.717) is 0 Å². The van der Waals surface area contributed by atoms with Gasteiger partial charge < -0.3 is 0 Å². The monoisotopic (exact) mass is 270 g/mol. The molecule has 0 N–H and O–H groups in total. The van der Waals surface area contributed by atoms with Crippen molar-refractivity contribution in [3.63, 3.8) is 0 Å². The molecule has 0 nitrogen and oxygen atoms in total. The summed E-state index contributed by atoms with van der Waals surface area (Å²) in [4.78, 5) is 0. The number of hydrogen-bond donors (Lipinski definition) is 0. The van der Waals surface area contributed by atoms with E-state index in [1.54, 1.807) is 0 Å². The summed E-state index contributed by atoms with van der Waals surface area (Å²) in [6.45, 7) is 0. The highest BCUT2D eigenvalue weighted by Crippen LogP contribution is 2.28. The van der Waals surface area contributed by atoms with Gasteiger partial charge in [-0.2, -0.15) is 0 Å². The highest BCUT2D eigenvalue weighted by molar-refractivity contribution is 5.46. The van der Waals surface area contributed by atoms with Gasteiger partial charge in [-0.15, -0.1) is 0 Å². The number of benzene rings is 3. The predicted octanol–water partition coefficient (Wildman–Crippen LogP) is 4.77. The lowest BCUT2D eigenvalue weighted by Crippen LogP contribution is -2.07. The molecule has 0 amide bonds. The summed E-state index contributed by atoms with van der Waals surface area (Å²) in [5.74, 6) is 0. The van der Waals surface area contributed by atoms with Crippen LogP contribution in [-0.2, 0) is 19.3 Å². The molecule has 0 heteroatoms. The Labute approximate surface area is 126 Å². The van der Waals surface area contributed by atoms with Crippen LogP contribution in [0.1, 0.15) is 33.4 Å². The third kappa shape index (κ3) is 2.50. The molecule has 0 radical (unpaired) electrons. The molecule has 0 aliphatic heterocycles. The molecule has 1 aliphatic rings. The lowest BCUT2D eigenvalue weighted by Gasteiger charge is -2.20. The largest absolute Gasteiger partial charge is 0.0622 e. The maximum Gasteiger partial charge on any atom is -0.00200 e. The van der Waals surface area contributed by atoms with E-state index in [4.69, 9.17) is 0 Å². The maximum atomic E-state index is 2.40. The van der Waals surface area contributed by atoms with Crippen LogP contribution in [0.3, 0.4) is 0 Å². The molecule has 0 spiro atoms. The molecule has 102 valence electrons. The number of fused-ring (bicyclic) bond motifs is 2. The van der Waals surface area contributed by atoms with Gasteiger partial charge in [0.2, 0.25) is 0 Å². The second-order valence-corrected chi connectivity index (χ2v) is 5.89. The smallest absolute Gasteiger partial charge is 0.00200 e. The van der Waals surface area contributed by atoms with Crippen molar-refractivity contribution < 1.29 is 0 Å². The second kappa shape index (κ2) is 5.21. The minimum Gasteiger partial charge on any atom is -0.0622 e. The zero-order valence-corrected chi connectivity index (χ0v) is 12.0. The molecular weight excluding hydrogens is 252 g/mol. The van der Waals surface area contributed by atoms with Gasteiger partial charge in [0.25, 0.3) is 0 Å². The molecule has 3 aromatic carbocycles. The quantitative estimate of drug-likeness (QED) is 0.492. The normalized spacial score (nSPS) is 12.6. The van der Waals surface area contributed by atoms with Gasteiger partial charge in [-0.3, -0.25) is 0 Å². The van der Waals surface area contributed by atoms with Crippen LogP contribution < -0.4 is 0 Å². The maximum absolute atomic E-state index is 2.40. The fourth-order valence-corrected chi connectivity index (χ4v) is 3.27. The zero-order valence-electron chi connectivity index (χ0n) is 12.0. The highest BCUT2D eigenvalue weighted by atomic mass is 14.2. The van der Waals surface area contributed by atoms with E-state index in [-0.39, 0.29) is 0 Å². The molecule has 3 aromatic rings. The van der Waals surface area contributed by atoms with E-state index in [1.165, 1.54) is 33.4 Å². The van der Waals surface area contributed by atoms with Crippen molar-refractivity contribution in [2.24, 2.45) is 0 Å². The molecule has 21 heavy (non-hydrogen) atoms. The molecule has 0 atom stereocenters. The molecule has 1 aliphatic carbocycles. The summed E-state index contributed by atoms with van der Waals surface area (Å²) in [6.07, 6.45) is 3.18. The summed E-state index contributed by atoms with van der Waals surface area (Å²) in [7, 11) is 0. The second-order valence-electron chi connectivity index (χ2n) is 5.89. The van der Waals surface area contributed by atoms with E-state index < -0.39 is 0 Å². The Morgan fingerprint density at radius 1 is 0.524 bits per heavy atom. The van der Waals surface area contributed by atoms with Gasteiger partial charge >= 0.3 is 0 Å². The molecule has 0 unspecified atom stereocenters. The fraction of sp³-hybridized carbons (Fsp3) is 0.143. The van der Waals surface area contributed by atoms with Gasteiger partial charge in [-0.1, -0.05) is 72.8 Å². The molecule has 0 bridgehead atoms. The van der Waals surface area contributed by atoms with Crippen LogP contribution in [0.15, 0.2) is 72.8 Å². The van der Waals surface area contributed by atoms with Crippen molar-refractivity contribution in [2.75, 3.05) is 0 Å². The zero-order chi connectivity index (χ0) is 14.1. The molecule has 4 rings (SSSR count). The molecular formula is C21H18. The Balaban J connectivity index is 1.64. The highest BCUT2D eigenvalue weighted by Gasteiger charge is 2.14. The number of hydrogen-bond acceptors (Lipinski definition) is 0. The van der Waals surface area contributed by atoms with Gasteiger partial charge in [-0.05, 0) is 52.6 Å². The first-order valence-corrected chi connectivity index (χ1v) is 7.60. The van der Waals surface area contributed by atoms with Crippen molar-refractivity contribution in [2.45, 2.75) is 19.3 Å². The molecule has 0 fully saturated rings. The Bertz CT molecular complexity index is 769. The third-order valence-electron chi connectivity index (χ3n) is 4.40. The Morgan fingerprint density at radius 2 is 1.14 bits per heavy atom. The number of rotatable bonds is 2. The molecule has 0 heterocycles. The summed E-state index contributed by atoms with van der Waals surface area (Å²) < 4.78 is 0. The van der Waals surface area contributed by atoms with Crippen LogP contribution in [0.5, 0.6) is 0 Å². The van der Waals surface area contributed by atoms with E-state index >= 15 is 0 Å². The first kappa shape index (κ1) is 12.4. The third-order valence-corrected chi connectivity index (χ3v) is 4.40. The van der Waals surface area contributed by atoms with Crippen molar-refractivity contribution >= 4 is 0 Å². The van der Waals surface area contributed by atoms with Crippen LogP contribution in [0.2, 0.25) is 0 Å². The first-order chi connectivity index (χ1) is 10.4. The predicted molar refractivity (Wildman–Crippen MR) is 87.7 cm³/mol. The Hall–Kier alpha value is -2.34. The van der Waals surface area contributed by atoms with Gasteiger partial charge in [0.05, 0.1) is 0 Å². The topological polar surface area (TPSA) is 0 Å². The van der Waals surface area contributed by atoms with Gasteiger partial charge in [0, 0.05) is 0 Å². The van der Waals surface area contributed by atoms with Crippen molar-refractivity contribution in [1.82, 2.24) is 0 Å². The van der Waals surface area contributed by atoms with E-state index in [0.717, 1.165) is 19.3 Å². The average molecular weight is 270 g/mol. The van der Waals surface area contributed by atoms with E-state index in [1.807, 2.05) is 0 Å². The van der Waals surface area contributed by atoms with Crippen molar-refractivity contribution in [3.8, 4) is 0 Å². The van der Waals surface area contributed by atoms with Gasteiger partial charge in [0.15, 0.2) is 0 Å². The minimum atomic E-state index is 1.02. The van der Waals surface area contributed by atoms with Crippen LogP contribution >= 0.6 is 0 Å². The van der Waals surface area contributed by atoms with Gasteiger partial charge in [0.1, 0.15) is 0 Å². The summed E-state index contributed by atoms with van der Waals surface area (Å²) in [6, 6.07) is 26.6. The molecule has 0 aromatic heterocycles. The minimum absolute atomic E-state index is 1.02. The van der Waals surface area contributed by atoms with Crippen LogP contribution in [0.4, 0.5) is 0 Å². The van der Waals surface area contributed by atoms with E-state index in [2.05, 4.69) is 72.8 Å². The fourth-order valence-electron chi connectivity index (χ4n) is 3.27. The molecule has 0 saturated heterocycles. The molecule has 0 saturated carbocycles. The van der Waals surface area contributed by atoms with Crippen molar-refractivity contribution in [3.05, 3.63) is 106 Å². The Morgan fingerprint density at radius 3 is 1.90 bits per heavy atom. The van der Waals surface area contributed by atoms with Gasteiger partial charge in [-0.25, -0.2) is 0 Å². The van der Waals surface area contributed by atoms with Crippen molar-refractivity contribution in [1.29, 1.82) is 0 Å². The summed E-state index contributed by atoms with van der Waals surface area (Å²) >= 11 is 0. The Kier molecular flexibility index (Phi) is 3.08.